The van der Waals surface area contributed by atoms with Crippen molar-refractivity contribution in [1.82, 2.24) is 9.55 Å². The minimum absolute atomic E-state index is 0.242. The number of aromatic hydroxyl groups is 1. The number of imidazole rings is 1. The predicted molar refractivity (Wildman–Crippen MR) is 140 cm³/mol. The molecular formula is C30H30FN3O. The van der Waals surface area contributed by atoms with Gasteiger partial charge in [0.1, 0.15) is 11.6 Å². The lowest BCUT2D eigenvalue weighted by Crippen LogP contribution is -2.49. The van der Waals surface area contributed by atoms with E-state index in [0.29, 0.717) is 0 Å². The summed E-state index contributed by atoms with van der Waals surface area (Å²) in [5.74, 6) is 0.0386. The summed E-state index contributed by atoms with van der Waals surface area (Å²) in [4.78, 5) is 6.79. The van der Waals surface area contributed by atoms with Crippen molar-refractivity contribution in [2.75, 3.05) is 11.4 Å². The molecule has 0 radical (unpaired) electrons. The van der Waals surface area contributed by atoms with Gasteiger partial charge in [0, 0.05) is 25.0 Å². The summed E-state index contributed by atoms with van der Waals surface area (Å²) in [6.07, 6.45) is 9.93. The lowest BCUT2D eigenvalue weighted by molar-refractivity contribution is 0.463. The highest BCUT2D eigenvalue weighted by Crippen LogP contribution is 2.44. The Morgan fingerprint density at radius 2 is 1.80 bits per heavy atom. The van der Waals surface area contributed by atoms with E-state index in [1.165, 1.54) is 12.1 Å². The molecule has 1 aliphatic rings. The Balaban J connectivity index is 1.50. The smallest absolute Gasteiger partial charge is 0.123 e. The average Bonchev–Trinajstić information content (AvgIpc) is 3.31. The fourth-order valence-corrected chi connectivity index (χ4v) is 5.13. The number of aromatic nitrogens is 2. The average molecular weight is 468 g/mol. The van der Waals surface area contributed by atoms with Crippen LogP contribution in [0, 0.1) is 5.82 Å². The number of phenolic OH excluding ortho intramolecular Hbond substituents is 1. The number of hydrogen-bond acceptors (Lipinski definition) is 3. The first-order chi connectivity index (χ1) is 17.0. The number of anilines is 1. The highest BCUT2D eigenvalue weighted by atomic mass is 19.1. The minimum Gasteiger partial charge on any atom is -0.508 e. The van der Waals surface area contributed by atoms with Gasteiger partial charge in [0.2, 0.25) is 0 Å². The summed E-state index contributed by atoms with van der Waals surface area (Å²) in [7, 11) is 0. The number of fused-ring (bicyclic) bond motifs is 1. The van der Waals surface area contributed by atoms with Gasteiger partial charge in [-0.1, -0.05) is 43.3 Å². The van der Waals surface area contributed by atoms with Crippen LogP contribution in [0.1, 0.15) is 48.2 Å². The van der Waals surface area contributed by atoms with Crippen LogP contribution in [-0.4, -0.2) is 21.2 Å². The predicted octanol–water partition coefficient (Wildman–Crippen LogP) is 6.63. The molecule has 0 bridgehead atoms. The second kappa shape index (κ2) is 9.41. The zero-order chi connectivity index (χ0) is 24.4. The molecule has 2 heterocycles. The number of nitrogens with zero attached hydrogens (tertiary/aromatic N) is 3. The van der Waals surface area contributed by atoms with E-state index in [2.05, 4.69) is 64.8 Å². The van der Waals surface area contributed by atoms with Crippen molar-refractivity contribution in [3.8, 4) is 5.75 Å². The Labute approximate surface area is 206 Å². The summed E-state index contributed by atoms with van der Waals surface area (Å²) in [6.45, 7) is 6.09. The molecule has 0 saturated carbocycles. The molecule has 0 spiro atoms. The Hall–Kier alpha value is -3.86. The fraction of sp³-hybridized carbons (Fsp3) is 0.233. The number of rotatable bonds is 6. The van der Waals surface area contributed by atoms with Crippen LogP contribution in [0.15, 0.2) is 79.3 Å². The molecule has 1 aromatic heterocycles. The summed E-state index contributed by atoms with van der Waals surface area (Å²) in [6, 6.07) is 20.9. The molecule has 0 saturated heterocycles. The summed E-state index contributed by atoms with van der Waals surface area (Å²) in [5, 5.41) is 10.1. The summed E-state index contributed by atoms with van der Waals surface area (Å²) >= 11 is 0. The van der Waals surface area contributed by atoms with Crippen LogP contribution in [0.4, 0.5) is 10.1 Å². The molecule has 1 atom stereocenters. The second-order valence-corrected chi connectivity index (χ2v) is 9.28. The van der Waals surface area contributed by atoms with Gasteiger partial charge in [-0.15, -0.1) is 0 Å². The van der Waals surface area contributed by atoms with E-state index in [1.807, 2.05) is 36.7 Å². The lowest BCUT2D eigenvalue weighted by atomic mass is 9.76. The Bertz CT molecular complexity index is 1340. The second-order valence-electron chi connectivity index (χ2n) is 9.28. The van der Waals surface area contributed by atoms with Crippen LogP contribution in [0.5, 0.6) is 5.75 Å². The van der Waals surface area contributed by atoms with Crippen LogP contribution in [0.25, 0.3) is 12.2 Å². The van der Waals surface area contributed by atoms with Crippen molar-refractivity contribution < 1.29 is 9.50 Å². The molecule has 4 nitrogen and oxygen atoms in total. The van der Waals surface area contributed by atoms with Gasteiger partial charge in [-0.2, -0.15) is 0 Å². The molecular weight excluding hydrogens is 437 g/mol. The van der Waals surface area contributed by atoms with E-state index in [-0.39, 0.29) is 11.6 Å². The highest BCUT2D eigenvalue weighted by molar-refractivity contribution is 5.68. The lowest BCUT2D eigenvalue weighted by Gasteiger charge is -2.48. The largest absolute Gasteiger partial charge is 0.508 e. The number of hydrogen-bond donors (Lipinski definition) is 1. The standard InChI is InChI=1S/C30H30FN3O/c1-3-17-33-20-26(32-21-33)11-6-22-4-7-24(8-5-22)30(2)29-15-14-28(35)19-23(29)16-18-34(30)27-12-9-25(31)10-13-27/h4-15,19-21,35H,3,16-18H2,1-2H3/b11-6+. The molecule has 5 heteroatoms. The normalized spacial score (nSPS) is 17.6. The minimum atomic E-state index is -0.472. The monoisotopic (exact) mass is 467 g/mol. The zero-order valence-electron chi connectivity index (χ0n) is 20.2. The summed E-state index contributed by atoms with van der Waals surface area (Å²) in [5.41, 5.74) is 5.96. The van der Waals surface area contributed by atoms with Gasteiger partial charge in [-0.05, 0) is 84.5 Å². The number of benzene rings is 3. The molecule has 5 rings (SSSR count). The van der Waals surface area contributed by atoms with E-state index in [0.717, 1.165) is 59.6 Å². The van der Waals surface area contributed by atoms with Gasteiger partial charge in [0.15, 0.2) is 0 Å². The zero-order valence-corrected chi connectivity index (χ0v) is 20.2. The van der Waals surface area contributed by atoms with Gasteiger partial charge < -0.3 is 14.6 Å². The maximum Gasteiger partial charge on any atom is 0.123 e. The molecule has 0 aliphatic carbocycles. The van der Waals surface area contributed by atoms with Gasteiger partial charge in [0.25, 0.3) is 0 Å². The SMILES string of the molecule is CCCn1cnc(/C=C/c2ccc(C3(C)c4ccc(O)cc4CCN3c3ccc(F)cc3)cc2)c1. The van der Waals surface area contributed by atoms with Crippen LogP contribution >= 0.6 is 0 Å². The molecule has 3 aromatic carbocycles. The van der Waals surface area contributed by atoms with Crippen LogP contribution in [-0.2, 0) is 18.5 Å². The van der Waals surface area contributed by atoms with Crippen molar-refractivity contribution in [1.29, 1.82) is 0 Å². The number of phenols is 1. The van der Waals surface area contributed by atoms with E-state index in [9.17, 15) is 9.50 Å². The first-order valence-electron chi connectivity index (χ1n) is 12.1. The van der Waals surface area contributed by atoms with Crippen LogP contribution in [0.2, 0.25) is 0 Å². The molecule has 178 valence electrons. The molecule has 0 amide bonds. The highest BCUT2D eigenvalue weighted by Gasteiger charge is 2.40. The molecule has 0 fully saturated rings. The molecule has 1 unspecified atom stereocenters. The van der Waals surface area contributed by atoms with Crippen molar-refractivity contribution in [2.24, 2.45) is 0 Å². The fourth-order valence-electron chi connectivity index (χ4n) is 5.13. The molecule has 1 N–H and O–H groups in total. The van der Waals surface area contributed by atoms with E-state index in [1.54, 1.807) is 6.07 Å². The first-order valence-corrected chi connectivity index (χ1v) is 12.1. The van der Waals surface area contributed by atoms with Crippen molar-refractivity contribution in [3.63, 3.8) is 0 Å². The van der Waals surface area contributed by atoms with Crippen molar-refractivity contribution >= 4 is 17.8 Å². The number of halogens is 1. The topological polar surface area (TPSA) is 41.3 Å². The van der Waals surface area contributed by atoms with Crippen LogP contribution in [0.3, 0.4) is 0 Å². The van der Waals surface area contributed by atoms with Gasteiger partial charge in [0.05, 0.1) is 17.6 Å². The third kappa shape index (κ3) is 4.46. The maximum absolute atomic E-state index is 13.7. The van der Waals surface area contributed by atoms with Crippen LogP contribution < -0.4 is 4.90 Å². The van der Waals surface area contributed by atoms with Crippen molar-refractivity contribution in [3.05, 3.63) is 113 Å². The Kier molecular flexibility index (Phi) is 6.16. The first kappa shape index (κ1) is 22.9. The van der Waals surface area contributed by atoms with E-state index >= 15 is 0 Å². The van der Waals surface area contributed by atoms with Gasteiger partial charge in [-0.25, -0.2) is 9.37 Å². The number of aryl methyl sites for hydroxylation is 1. The van der Waals surface area contributed by atoms with E-state index < -0.39 is 5.54 Å². The quantitative estimate of drug-likeness (QED) is 0.346. The molecule has 1 aliphatic heterocycles. The van der Waals surface area contributed by atoms with E-state index in [4.69, 9.17) is 0 Å². The third-order valence-electron chi connectivity index (χ3n) is 6.95. The Morgan fingerprint density at radius 3 is 2.54 bits per heavy atom. The Morgan fingerprint density at radius 1 is 1.03 bits per heavy atom. The maximum atomic E-state index is 13.7. The summed E-state index contributed by atoms with van der Waals surface area (Å²) < 4.78 is 15.8. The molecule has 4 aromatic rings. The van der Waals surface area contributed by atoms with Crippen molar-refractivity contribution in [2.45, 2.75) is 38.8 Å². The van der Waals surface area contributed by atoms with Gasteiger partial charge >= 0.3 is 0 Å². The third-order valence-corrected chi connectivity index (χ3v) is 6.95. The molecule has 35 heavy (non-hydrogen) atoms. The van der Waals surface area contributed by atoms with Gasteiger partial charge in [-0.3, -0.25) is 0 Å².